The van der Waals surface area contributed by atoms with Crippen molar-refractivity contribution in [1.29, 1.82) is 0 Å². The number of alkyl halides is 3. The van der Waals surface area contributed by atoms with Crippen molar-refractivity contribution in [2.75, 3.05) is 20.2 Å². The van der Waals surface area contributed by atoms with Crippen LogP contribution in [-0.2, 0) is 29.0 Å². The van der Waals surface area contributed by atoms with Crippen LogP contribution in [0.3, 0.4) is 0 Å². The number of hydrogen-bond acceptors (Lipinski definition) is 3. The van der Waals surface area contributed by atoms with E-state index in [2.05, 4.69) is 0 Å². The second-order valence-corrected chi connectivity index (χ2v) is 8.09. The maximum absolute atomic E-state index is 14.1. The Balaban J connectivity index is 1.93. The fourth-order valence-corrected chi connectivity index (χ4v) is 4.60. The molecule has 1 aliphatic rings. The zero-order valence-electron chi connectivity index (χ0n) is 14.4. The molecule has 0 saturated heterocycles. The average Bonchev–Trinajstić information content (AvgIpc) is 2.83. The summed E-state index contributed by atoms with van der Waals surface area (Å²) in [4.78, 5) is -0.958. The Morgan fingerprint density at radius 1 is 1.00 bits per heavy atom. The minimum Gasteiger partial charge on any atom is -0.497 e. The Hall–Kier alpha value is -2.13. The first-order valence-corrected chi connectivity index (χ1v) is 9.59. The first-order valence-electron chi connectivity index (χ1n) is 8.15. The zero-order valence-corrected chi connectivity index (χ0v) is 15.2. The van der Waals surface area contributed by atoms with Crippen molar-refractivity contribution in [2.45, 2.75) is 23.9 Å². The van der Waals surface area contributed by atoms with Gasteiger partial charge in [0.05, 0.1) is 12.7 Å². The fourth-order valence-electron chi connectivity index (χ4n) is 3.06. The molecule has 4 nitrogen and oxygen atoms in total. The predicted molar refractivity (Wildman–Crippen MR) is 90.6 cm³/mol. The molecule has 0 saturated carbocycles. The molecule has 0 aromatic heterocycles. The Morgan fingerprint density at radius 3 is 2.30 bits per heavy atom. The molecule has 3 rings (SSSR count). The quantitative estimate of drug-likeness (QED) is 0.736. The predicted octanol–water partition coefficient (Wildman–Crippen LogP) is 3.64. The van der Waals surface area contributed by atoms with E-state index in [1.165, 1.54) is 7.11 Å². The molecule has 27 heavy (non-hydrogen) atoms. The standard InChI is InChI=1S/C18H17F4NO3S/c1-26-15-4-2-12-6-8-23(9-7-13(12)10-15)27(24,25)17-11-14(18(20,21)22)3-5-16(17)19/h2-5,10-11H,6-9H2,1H3. The Morgan fingerprint density at radius 2 is 1.67 bits per heavy atom. The van der Waals surface area contributed by atoms with Crippen molar-refractivity contribution in [3.63, 3.8) is 0 Å². The number of sulfonamides is 1. The van der Waals surface area contributed by atoms with Crippen LogP contribution in [0, 0.1) is 5.82 Å². The average molecular weight is 403 g/mol. The Kier molecular flexibility index (Phi) is 5.18. The number of nitrogens with zero attached hydrogens (tertiary/aromatic N) is 1. The lowest BCUT2D eigenvalue weighted by atomic mass is 10.0. The summed E-state index contributed by atoms with van der Waals surface area (Å²) >= 11 is 0. The zero-order chi connectivity index (χ0) is 19.8. The second kappa shape index (κ2) is 7.12. The van der Waals surface area contributed by atoms with Crippen LogP contribution in [0.4, 0.5) is 17.6 Å². The van der Waals surface area contributed by atoms with E-state index in [1.54, 1.807) is 12.1 Å². The van der Waals surface area contributed by atoms with E-state index in [9.17, 15) is 26.0 Å². The van der Waals surface area contributed by atoms with E-state index in [0.29, 0.717) is 36.8 Å². The summed E-state index contributed by atoms with van der Waals surface area (Å²) in [5, 5.41) is 0. The highest BCUT2D eigenvalue weighted by molar-refractivity contribution is 7.89. The van der Waals surface area contributed by atoms with Crippen molar-refractivity contribution in [1.82, 2.24) is 4.31 Å². The lowest BCUT2D eigenvalue weighted by Crippen LogP contribution is -2.34. The smallest absolute Gasteiger partial charge is 0.416 e. The number of benzene rings is 2. The molecule has 0 fully saturated rings. The summed E-state index contributed by atoms with van der Waals surface area (Å²) in [6, 6.07) is 6.80. The maximum Gasteiger partial charge on any atom is 0.416 e. The molecule has 0 radical (unpaired) electrons. The molecule has 0 atom stereocenters. The van der Waals surface area contributed by atoms with Gasteiger partial charge in [0.1, 0.15) is 16.5 Å². The van der Waals surface area contributed by atoms with Gasteiger partial charge in [-0.05, 0) is 54.3 Å². The van der Waals surface area contributed by atoms with E-state index in [-0.39, 0.29) is 13.1 Å². The van der Waals surface area contributed by atoms with Crippen LogP contribution in [0.2, 0.25) is 0 Å². The van der Waals surface area contributed by atoms with Crippen molar-refractivity contribution in [3.05, 3.63) is 58.9 Å². The van der Waals surface area contributed by atoms with Crippen LogP contribution in [0.25, 0.3) is 0 Å². The molecule has 1 heterocycles. The van der Waals surface area contributed by atoms with Gasteiger partial charge in [0.2, 0.25) is 10.0 Å². The highest BCUT2D eigenvalue weighted by Crippen LogP contribution is 2.33. The number of fused-ring (bicyclic) bond motifs is 1. The minimum atomic E-state index is -4.76. The molecule has 0 bridgehead atoms. The molecular weight excluding hydrogens is 386 g/mol. The van der Waals surface area contributed by atoms with Crippen LogP contribution in [-0.4, -0.2) is 32.9 Å². The van der Waals surface area contributed by atoms with Gasteiger partial charge in [-0.2, -0.15) is 17.5 Å². The van der Waals surface area contributed by atoms with Crippen LogP contribution < -0.4 is 4.74 Å². The molecule has 2 aromatic rings. The molecule has 0 N–H and O–H groups in total. The summed E-state index contributed by atoms with van der Waals surface area (Å²) in [5.41, 5.74) is 0.625. The highest BCUT2D eigenvalue weighted by Gasteiger charge is 2.35. The number of ether oxygens (including phenoxy) is 1. The van der Waals surface area contributed by atoms with E-state index in [0.717, 1.165) is 15.4 Å². The lowest BCUT2D eigenvalue weighted by molar-refractivity contribution is -0.137. The van der Waals surface area contributed by atoms with Crippen molar-refractivity contribution in [3.8, 4) is 5.75 Å². The van der Waals surface area contributed by atoms with Crippen LogP contribution in [0.1, 0.15) is 16.7 Å². The van der Waals surface area contributed by atoms with Gasteiger partial charge in [-0.15, -0.1) is 0 Å². The largest absolute Gasteiger partial charge is 0.497 e. The van der Waals surface area contributed by atoms with E-state index >= 15 is 0 Å². The molecule has 1 aliphatic heterocycles. The maximum atomic E-state index is 14.1. The number of methoxy groups -OCH3 is 1. The first-order chi connectivity index (χ1) is 12.6. The van der Waals surface area contributed by atoms with Gasteiger partial charge in [0, 0.05) is 13.1 Å². The summed E-state index contributed by atoms with van der Waals surface area (Å²) < 4.78 is 84.6. The minimum absolute atomic E-state index is 0.0399. The summed E-state index contributed by atoms with van der Waals surface area (Å²) in [5.74, 6) is -0.569. The number of hydrogen-bond donors (Lipinski definition) is 0. The normalized spacial score (nSPS) is 15.9. The fraction of sp³-hybridized carbons (Fsp3) is 0.333. The van der Waals surface area contributed by atoms with Gasteiger partial charge >= 0.3 is 6.18 Å². The third-order valence-corrected chi connectivity index (χ3v) is 6.46. The topological polar surface area (TPSA) is 46.6 Å². The van der Waals surface area contributed by atoms with Gasteiger partial charge < -0.3 is 4.74 Å². The van der Waals surface area contributed by atoms with Crippen LogP contribution >= 0.6 is 0 Å². The molecule has 0 spiro atoms. The molecule has 9 heteroatoms. The summed E-state index contributed by atoms with van der Waals surface area (Å²) in [6.07, 6.45) is -4.03. The first kappa shape index (κ1) is 19.6. The monoisotopic (exact) mass is 403 g/mol. The van der Waals surface area contributed by atoms with Gasteiger partial charge in [-0.25, -0.2) is 12.8 Å². The van der Waals surface area contributed by atoms with Gasteiger partial charge in [0.15, 0.2) is 0 Å². The van der Waals surface area contributed by atoms with Crippen LogP contribution in [0.15, 0.2) is 41.3 Å². The molecule has 2 aromatic carbocycles. The van der Waals surface area contributed by atoms with Gasteiger partial charge in [-0.1, -0.05) is 6.07 Å². The van der Waals surface area contributed by atoms with Gasteiger partial charge in [-0.3, -0.25) is 0 Å². The SMILES string of the molecule is COc1ccc2c(c1)CCN(S(=O)(=O)c1cc(C(F)(F)F)ccc1F)CC2. The van der Waals surface area contributed by atoms with Crippen molar-refractivity contribution < 1.29 is 30.7 Å². The third-order valence-electron chi connectivity index (χ3n) is 4.55. The number of rotatable bonds is 3. The number of halogens is 4. The van der Waals surface area contributed by atoms with E-state index in [4.69, 9.17) is 4.74 Å². The lowest BCUT2D eigenvalue weighted by Gasteiger charge is -2.21. The van der Waals surface area contributed by atoms with Crippen molar-refractivity contribution in [2.24, 2.45) is 0 Å². The Labute approximate surface area is 154 Å². The summed E-state index contributed by atoms with van der Waals surface area (Å²) in [7, 11) is -2.89. The molecule has 0 amide bonds. The molecule has 146 valence electrons. The van der Waals surface area contributed by atoms with E-state index < -0.39 is 32.5 Å². The van der Waals surface area contributed by atoms with Crippen molar-refractivity contribution >= 4 is 10.0 Å². The van der Waals surface area contributed by atoms with E-state index in [1.807, 2.05) is 6.07 Å². The Bertz CT molecular complexity index is 958. The van der Waals surface area contributed by atoms with Gasteiger partial charge in [0.25, 0.3) is 0 Å². The molecular formula is C18H17F4NO3S. The highest BCUT2D eigenvalue weighted by atomic mass is 32.2. The second-order valence-electron chi connectivity index (χ2n) is 6.18. The molecule has 0 aliphatic carbocycles. The van der Waals surface area contributed by atoms with Crippen LogP contribution in [0.5, 0.6) is 5.75 Å². The third kappa shape index (κ3) is 3.93. The summed E-state index contributed by atoms with van der Waals surface area (Å²) in [6.45, 7) is 0.0928. The molecule has 0 unspecified atom stereocenters.